The van der Waals surface area contributed by atoms with Crippen molar-refractivity contribution < 1.29 is 22.7 Å². The number of nitrogens with zero attached hydrogens (tertiary/aromatic N) is 2. The molecule has 5 fully saturated rings. The van der Waals surface area contributed by atoms with Gasteiger partial charge in [-0.1, -0.05) is 19.3 Å². The second-order valence-electron chi connectivity index (χ2n) is 11.1. The maximum Gasteiger partial charge on any atom is 0.401 e. The molecule has 0 atom stereocenters. The van der Waals surface area contributed by atoms with Crippen molar-refractivity contribution in [1.82, 2.24) is 20.4 Å². The lowest BCUT2D eigenvalue weighted by Gasteiger charge is -2.54. The molecule has 1 amide bonds. The largest absolute Gasteiger partial charge is 0.477 e. The van der Waals surface area contributed by atoms with Crippen molar-refractivity contribution in [2.45, 2.75) is 83.0 Å². The molecule has 5 saturated carbocycles. The highest BCUT2D eigenvalue weighted by Crippen LogP contribution is 2.53. The third kappa shape index (κ3) is 5.55. The fraction of sp³-hybridized carbons (Fsp3) is 0.840. The number of carbonyl (C=O) groups is 1. The molecule has 4 bridgehead atoms. The van der Waals surface area contributed by atoms with E-state index in [1.54, 1.807) is 0 Å². The molecule has 0 aromatic carbocycles. The zero-order valence-electron chi connectivity index (χ0n) is 19.8. The number of aromatic nitrogens is 2. The number of carbonyl (C=O) groups excluding carboxylic acids is 1. The molecule has 190 valence electrons. The Balaban J connectivity index is 1.25. The van der Waals surface area contributed by atoms with Gasteiger partial charge in [-0.15, -0.1) is 0 Å². The topological polar surface area (TPSA) is 68.2 Å². The number of rotatable bonds is 9. The summed E-state index contributed by atoms with van der Waals surface area (Å²) in [5.74, 6) is 3.46. The summed E-state index contributed by atoms with van der Waals surface area (Å²) in [5.41, 5.74) is 0.403. The van der Waals surface area contributed by atoms with Crippen molar-refractivity contribution in [3.05, 3.63) is 11.8 Å². The van der Waals surface area contributed by atoms with Crippen LogP contribution in [0.4, 0.5) is 13.2 Å². The molecule has 0 aliphatic heterocycles. The van der Waals surface area contributed by atoms with Crippen LogP contribution in [0.3, 0.4) is 0 Å². The molecule has 6 rings (SSSR count). The van der Waals surface area contributed by atoms with Crippen molar-refractivity contribution in [1.29, 1.82) is 0 Å². The van der Waals surface area contributed by atoms with Crippen LogP contribution < -0.4 is 15.4 Å². The minimum atomic E-state index is -4.26. The van der Waals surface area contributed by atoms with Gasteiger partial charge in [-0.3, -0.25) is 4.79 Å². The van der Waals surface area contributed by atoms with E-state index in [0.717, 1.165) is 24.7 Å². The number of ether oxygens (including phenoxy) is 1. The van der Waals surface area contributed by atoms with E-state index >= 15 is 0 Å². The van der Waals surface area contributed by atoms with Crippen molar-refractivity contribution in [3.8, 4) is 5.88 Å². The van der Waals surface area contributed by atoms with E-state index in [9.17, 15) is 18.0 Å². The molecular formula is C25H37F3N4O2. The summed E-state index contributed by atoms with van der Waals surface area (Å²) in [6, 6.07) is 0.211. The van der Waals surface area contributed by atoms with E-state index in [4.69, 9.17) is 4.74 Å². The molecule has 0 radical (unpaired) electrons. The van der Waals surface area contributed by atoms with E-state index in [1.807, 2.05) is 0 Å². The van der Waals surface area contributed by atoms with E-state index in [-0.39, 0.29) is 25.0 Å². The normalized spacial score (nSPS) is 31.1. The van der Waals surface area contributed by atoms with Crippen LogP contribution in [-0.4, -0.2) is 47.6 Å². The molecule has 5 aliphatic rings. The molecule has 0 unspecified atom stereocenters. The highest BCUT2D eigenvalue weighted by molar-refractivity contribution is 5.96. The molecule has 1 aromatic rings. The van der Waals surface area contributed by atoms with Crippen LogP contribution in [0.5, 0.6) is 5.88 Å². The van der Waals surface area contributed by atoms with Crippen LogP contribution >= 0.6 is 0 Å². The Morgan fingerprint density at radius 3 is 2.38 bits per heavy atom. The fourth-order valence-corrected chi connectivity index (χ4v) is 7.20. The molecule has 0 saturated heterocycles. The molecule has 6 nitrogen and oxygen atoms in total. The van der Waals surface area contributed by atoms with Gasteiger partial charge >= 0.3 is 6.18 Å². The number of nitrogens with one attached hydrogen (secondary N) is 2. The molecule has 0 spiro atoms. The summed E-state index contributed by atoms with van der Waals surface area (Å²) in [7, 11) is 0. The third-order valence-corrected chi connectivity index (χ3v) is 8.57. The van der Waals surface area contributed by atoms with E-state index in [0.29, 0.717) is 35.8 Å². The van der Waals surface area contributed by atoms with Crippen molar-refractivity contribution in [3.63, 3.8) is 0 Å². The highest BCUT2D eigenvalue weighted by atomic mass is 19.4. The van der Waals surface area contributed by atoms with Crippen molar-refractivity contribution in [2.75, 3.05) is 19.7 Å². The van der Waals surface area contributed by atoms with Gasteiger partial charge in [-0.25, -0.2) is 4.68 Å². The minimum absolute atomic E-state index is 0.0948. The molecular weight excluding hydrogens is 445 g/mol. The first kappa shape index (κ1) is 23.9. The van der Waals surface area contributed by atoms with Gasteiger partial charge in [0.2, 0.25) is 5.88 Å². The maximum atomic E-state index is 13.4. The number of hydrogen-bond donors (Lipinski definition) is 2. The number of alkyl halides is 3. The summed E-state index contributed by atoms with van der Waals surface area (Å²) >= 11 is 0. The average Bonchev–Trinajstić information content (AvgIpc) is 3.20. The number of amides is 1. The van der Waals surface area contributed by atoms with Gasteiger partial charge in [-0.05, 0) is 74.5 Å². The van der Waals surface area contributed by atoms with Crippen LogP contribution in [0.1, 0.15) is 74.6 Å². The fourth-order valence-electron chi connectivity index (χ4n) is 7.20. The Hall–Kier alpha value is -1.77. The van der Waals surface area contributed by atoms with E-state index < -0.39 is 12.7 Å². The summed E-state index contributed by atoms with van der Waals surface area (Å²) < 4.78 is 45.1. The Kier molecular flexibility index (Phi) is 7.09. The van der Waals surface area contributed by atoms with Crippen LogP contribution in [0.15, 0.2) is 6.20 Å². The summed E-state index contributed by atoms with van der Waals surface area (Å²) in [4.78, 5) is 13.4. The van der Waals surface area contributed by atoms with Gasteiger partial charge in [0.25, 0.3) is 5.91 Å². The second-order valence-corrected chi connectivity index (χ2v) is 11.1. The Morgan fingerprint density at radius 2 is 1.74 bits per heavy atom. The van der Waals surface area contributed by atoms with Gasteiger partial charge in [-0.2, -0.15) is 18.3 Å². The molecule has 1 heterocycles. The number of hydrogen-bond acceptors (Lipinski definition) is 4. The van der Waals surface area contributed by atoms with Crippen LogP contribution in [0.2, 0.25) is 0 Å². The Labute approximate surface area is 199 Å². The van der Waals surface area contributed by atoms with Crippen molar-refractivity contribution in [2.24, 2.45) is 29.6 Å². The molecule has 1 aromatic heterocycles. The number of halogens is 3. The minimum Gasteiger partial charge on any atom is -0.477 e. The van der Waals surface area contributed by atoms with E-state index in [1.165, 1.54) is 62.2 Å². The zero-order valence-corrected chi connectivity index (χ0v) is 19.8. The maximum absolute atomic E-state index is 13.4. The summed E-state index contributed by atoms with van der Waals surface area (Å²) in [6.45, 7) is -0.231. The van der Waals surface area contributed by atoms with Crippen LogP contribution in [0, 0.1) is 29.6 Å². The summed E-state index contributed by atoms with van der Waals surface area (Å²) in [5, 5.41) is 10.1. The smallest absolute Gasteiger partial charge is 0.401 e. The second kappa shape index (κ2) is 10.1. The SMILES string of the molecule is O=C(NC1C2CC3CC(C2)CC1C3)c1cnn(CCNCC(F)(F)F)c1OCC1CCCCC1. The Morgan fingerprint density at radius 1 is 1.06 bits per heavy atom. The Bertz CT molecular complexity index is 822. The molecule has 34 heavy (non-hydrogen) atoms. The monoisotopic (exact) mass is 482 g/mol. The lowest BCUT2D eigenvalue weighted by Crippen LogP contribution is -2.55. The standard InChI is InChI=1S/C25H37F3N4O2/c26-25(27,28)15-29-6-7-32-24(34-14-16-4-2-1-3-5-16)21(13-30-32)23(33)31-22-19-9-17-8-18(11-19)12-20(22)10-17/h13,16-20,22,29H,1-12,14-15H2,(H,31,33). The first-order valence-electron chi connectivity index (χ1n) is 13.1. The highest BCUT2D eigenvalue weighted by Gasteiger charge is 2.48. The third-order valence-electron chi connectivity index (χ3n) is 8.57. The van der Waals surface area contributed by atoms with Crippen LogP contribution in [0.25, 0.3) is 0 Å². The predicted octanol–water partition coefficient (Wildman–Crippen LogP) is 4.55. The molecule has 9 heteroatoms. The first-order valence-corrected chi connectivity index (χ1v) is 13.1. The first-order chi connectivity index (χ1) is 16.4. The van der Waals surface area contributed by atoms with Gasteiger partial charge in [0.05, 0.1) is 25.9 Å². The van der Waals surface area contributed by atoms with E-state index in [2.05, 4.69) is 15.7 Å². The zero-order chi connectivity index (χ0) is 23.7. The van der Waals surface area contributed by atoms with Gasteiger partial charge in [0.15, 0.2) is 0 Å². The van der Waals surface area contributed by atoms with Gasteiger partial charge < -0.3 is 15.4 Å². The predicted molar refractivity (Wildman–Crippen MR) is 122 cm³/mol. The van der Waals surface area contributed by atoms with Gasteiger partial charge in [0.1, 0.15) is 5.56 Å². The lowest BCUT2D eigenvalue weighted by molar-refractivity contribution is -0.124. The van der Waals surface area contributed by atoms with Crippen LogP contribution in [-0.2, 0) is 6.54 Å². The average molecular weight is 483 g/mol. The van der Waals surface area contributed by atoms with Gasteiger partial charge in [0, 0.05) is 12.6 Å². The molecule has 5 aliphatic carbocycles. The van der Waals surface area contributed by atoms with Crippen molar-refractivity contribution >= 4 is 5.91 Å². The quantitative estimate of drug-likeness (QED) is 0.507. The summed E-state index contributed by atoms with van der Waals surface area (Å²) in [6.07, 6.45) is 9.33. The lowest BCUT2D eigenvalue weighted by atomic mass is 9.54. The molecule has 2 N–H and O–H groups in total.